The van der Waals surface area contributed by atoms with Crippen molar-refractivity contribution in [2.24, 2.45) is 0 Å². The Bertz CT molecular complexity index is 3040. The van der Waals surface area contributed by atoms with E-state index in [2.05, 4.69) is 150 Å². The van der Waals surface area contributed by atoms with E-state index in [0.717, 1.165) is 81.7 Å². The molecule has 10 rings (SSSR count). The van der Waals surface area contributed by atoms with Crippen molar-refractivity contribution in [2.45, 2.75) is 0 Å². The fourth-order valence-electron chi connectivity index (χ4n) is 8.33. The van der Waals surface area contributed by atoms with Crippen molar-refractivity contribution in [3.8, 4) is 40.1 Å². The molecule has 9 aromatic carbocycles. The molecule has 0 amide bonds. The molecular formula is C48H27N3. The molecule has 1 aromatic heterocycles. The lowest BCUT2D eigenvalue weighted by atomic mass is 9.82. The maximum atomic E-state index is 10.4. The van der Waals surface area contributed by atoms with Crippen LogP contribution in [0.25, 0.3) is 92.8 Å². The topological polar surface area (TPSA) is 52.5 Å². The molecule has 0 unspecified atom stereocenters. The molecule has 0 bridgehead atoms. The van der Waals surface area contributed by atoms with E-state index in [1.807, 2.05) is 30.3 Å². The summed E-state index contributed by atoms with van der Waals surface area (Å²) in [5.74, 6) is 0. The zero-order valence-corrected chi connectivity index (χ0v) is 27.4. The monoisotopic (exact) mass is 645 g/mol. The molecule has 1 heterocycles. The zero-order chi connectivity index (χ0) is 34.1. The highest BCUT2D eigenvalue weighted by Crippen LogP contribution is 2.49. The lowest BCUT2D eigenvalue weighted by Gasteiger charge is -2.21. The van der Waals surface area contributed by atoms with E-state index in [9.17, 15) is 10.5 Å². The molecule has 0 saturated carbocycles. The van der Waals surface area contributed by atoms with Crippen molar-refractivity contribution in [1.29, 1.82) is 10.5 Å². The second kappa shape index (κ2) is 11.2. The van der Waals surface area contributed by atoms with Crippen molar-refractivity contribution >= 4 is 64.9 Å². The standard InChI is InChI=1S/C48H27N3/c49-28-30-22-24-44-41(26-30)42-27-31(23-25-45(42)51(44)32-12-2-1-3-13-32)46-37-18-8-10-20-39(37)48(40-21-11-9-19-38(40)46)47-35-16-6-4-14-33(35)43(29-50)34-15-5-7-17-36(34)47/h1-27H. The number of benzene rings is 9. The van der Waals surface area contributed by atoms with Gasteiger partial charge in [-0.2, -0.15) is 10.5 Å². The molecule has 0 aliphatic carbocycles. The van der Waals surface area contributed by atoms with Gasteiger partial charge in [-0.05, 0) is 97.0 Å². The summed E-state index contributed by atoms with van der Waals surface area (Å²) >= 11 is 0. The van der Waals surface area contributed by atoms with Crippen molar-refractivity contribution in [3.63, 3.8) is 0 Å². The SMILES string of the molecule is N#Cc1ccc2c(c1)c1cc(-c3c4ccccc4c(-c4c5ccccc5c(C#N)c5ccccc45)c4ccccc34)ccc1n2-c1ccccc1. The van der Waals surface area contributed by atoms with E-state index in [0.29, 0.717) is 11.1 Å². The fourth-order valence-corrected chi connectivity index (χ4v) is 8.33. The number of para-hydroxylation sites is 1. The summed E-state index contributed by atoms with van der Waals surface area (Å²) in [6.45, 7) is 0. The molecule has 0 aliphatic heterocycles. The first-order valence-electron chi connectivity index (χ1n) is 17.1. The third-order valence-electron chi connectivity index (χ3n) is 10.4. The van der Waals surface area contributed by atoms with Gasteiger partial charge in [0, 0.05) is 27.2 Å². The number of nitriles is 2. The van der Waals surface area contributed by atoms with Crippen molar-refractivity contribution < 1.29 is 0 Å². The maximum absolute atomic E-state index is 10.4. The first-order chi connectivity index (χ1) is 25.2. The average Bonchev–Trinajstić information content (AvgIpc) is 3.52. The summed E-state index contributed by atoms with van der Waals surface area (Å²) < 4.78 is 2.29. The van der Waals surface area contributed by atoms with E-state index in [1.54, 1.807) is 0 Å². The number of aromatic nitrogens is 1. The predicted molar refractivity (Wildman–Crippen MR) is 211 cm³/mol. The summed E-state index contributed by atoms with van der Waals surface area (Å²) in [6.07, 6.45) is 0. The van der Waals surface area contributed by atoms with Crippen molar-refractivity contribution in [3.05, 3.63) is 175 Å². The van der Waals surface area contributed by atoms with Gasteiger partial charge < -0.3 is 4.57 Å². The summed E-state index contributed by atoms with van der Waals surface area (Å²) in [4.78, 5) is 0. The fraction of sp³-hybridized carbons (Fsp3) is 0. The smallest absolute Gasteiger partial charge is 0.100 e. The maximum Gasteiger partial charge on any atom is 0.100 e. The number of hydrogen-bond donors (Lipinski definition) is 0. The Morgan fingerprint density at radius 1 is 0.353 bits per heavy atom. The number of fused-ring (bicyclic) bond motifs is 7. The first-order valence-corrected chi connectivity index (χ1v) is 17.1. The molecule has 51 heavy (non-hydrogen) atoms. The number of nitrogens with zero attached hydrogens (tertiary/aromatic N) is 3. The Balaban J connectivity index is 1.34. The lowest BCUT2D eigenvalue weighted by Crippen LogP contribution is -1.95. The molecule has 0 fully saturated rings. The van der Waals surface area contributed by atoms with Crippen molar-refractivity contribution in [1.82, 2.24) is 4.57 Å². The highest BCUT2D eigenvalue weighted by Gasteiger charge is 2.22. The van der Waals surface area contributed by atoms with Crippen LogP contribution in [0.3, 0.4) is 0 Å². The van der Waals surface area contributed by atoms with Gasteiger partial charge in [-0.1, -0.05) is 121 Å². The highest BCUT2D eigenvalue weighted by atomic mass is 15.0. The summed E-state index contributed by atoms with van der Waals surface area (Å²) in [6, 6.07) is 62.1. The van der Waals surface area contributed by atoms with E-state index in [1.165, 1.54) is 11.1 Å². The van der Waals surface area contributed by atoms with Gasteiger partial charge in [0.05, 0.1) is 28.2 Å². The average molecular weight is 646 g/mol. The Labute approximate surface area is 294 Å². The zero-order valence-electron chi connectivity index (χ0n) is 27.4. The predicted octanol–water partition coefficient (Wildman–Crippen LogP) is 12.5. The van der Waals surface area contributed by atoms with Crippen LogP contribution in [0.15, 0.2) is 164 Å². The quantitative estimate of drug-likeness (QED) is 0.180. The van der Waals surface area contributed by atoms with Gasteiger partial charge in [0.1, 0.15) is 6.07 Å². The van der Waals surface area contributed by atoms with Gasteiger partial charge >= 0.3 is 0 Å². The van der Waals surface area contributed by atoms with Crippen LogP contribution in [0.1, 0.15) is 11.1 Å². The minimum atomic E-state index is 0.641. The van der Waals surface area contributed by atoms with Crippen molar-refractivity contribution in [2.75, 3.05) is 0 Å². The minimum Gasteiger partial charge on any atom is -0.309 e. The molecule has 3 heteroatoms. The lowest BCUT2D eigenvalue weighted by molar-refractivity contribution is 1.18. The van der Waals surface area contributed by atoms with Gasteiger partial charge in [0.15, 0.2) is 0 Å². The second-order valence-corrected chi connectivity index (χ2v) is 13.0. The van der Waals surface area contributed by atoms with Gasteiger partial charge in [-0.3, -0.25) is 0 Å². The largest absolute Gasteiger partial charge is 0.309 e. The van der Waals surface area contributed by atoms with E-state index in [4.69, 9.17) is 0 Å². The molecule has 3 nitrogen and oxygen atoms in total. The molecule has 0 N–H and O–H groups in total. The second-order valence-electron chi connectivity index (χ2n) is 13.0. The number of rotatable bonds is 3. The van der Waals surface area contributed by atoms with E-state index in [-0.39, 0.29) is 0 Å². The highest BCUT2D eigenvalue weighted by molar-refractivity contribution is 6.28. The summed E-state index contributed by atoms with van der Waals surface area (Å²) in [7, 11) is 0. The van der Waals surface area contributed by atoms with Crippen LogP contribution in [0.2, 0.25) is 0 Å². The molecule has 0 atom stereocenters. The Kier molecular flexibility index (Phi) is 6.31. The van der Waals surface area contributed by atoms with E-state index >= 15 is 0 Å². The summed E-state index contributed by atoms with van der Waals surface area (Å²) in [5.41, 5.74) is 9.19. The molecular weight excluding hydrogens is 619 g/mol. The third kappa shape index (κ3) is 4.16. The summed E-state index contributed by atoms with van der Waals surface area (Å²) in [5, 5.41) is 31.1. The van der Waals surface area contributed by atoms with Crippen LogP contribution >= 0.6 is 0 Å². The third-order valence-corrected chi connectivity index (χ3v) is 10.4. The molecule has 0 spiro atoms. The van der Waals surface area contributed by atoms with Crippen LogP contribution < -0.4 is 0 Å². The Morgan fingerprint density at radius 2 is 0.784 bits per heavy atom. The molecule has 0 aliphatic rings. The van der Waals surface area contributed by atoms with Crippen LogP contribution in [-0.2, 0) is 0 Å². The molecule has 0 saturated heterocycles. The molecule has 234 valence electrons. The van der Waals surface area contributed by atoms with Crippen LogP contribution in [0.5, 0.6) is 0 Å². The van der Waals surface area contributed by atoms with Gasteiger partial charge in [0.25, 0.3) is 0 Å². The van der Waals surface area contributed by atoms with Gasteiger partial charge in [-0.25, -0.2) is 0 Å². The minimum absolute atomic E-state index is 0.641. The normalized spacial score (nSPS) is 11.5. The van der Waals surface area contributed by atoms with Gasteiger partial charge in [0.2, 0.25) is 0 Å². The van der Waals surface area contributed by atoms with Crippen LogP contribution in [0.4, 0.5) is 0 Å². The Hall–Kier alpha value is -7.20. The van der Waals surface area contributed by atoms with E-state index < -0.39 is 0 Å². The molecule has 10 aromatic rings. The number of hydrogen-bond acceptors (Lipinski definition) is 2. The van der Waals surface area contributed by atoms with Crippen LogP contribution in [0, 0.1) is 22.7 Å². The van der Waals surface area contributed by atoms with Crippen LogP contribution in [-0.4, -0.2) is 4.57 Å². The molecule has 0 radical (unpaired) electrons. The first kappa shape index (κ1) is 28.8. The Morgan fingerprint density at radius 3 is 1.29 bits per heavy atom. The van der Waals surface area contributed by atoms with Gasteiger partial charge in [-0.15, -0.1) is 0 Å².